The Kier molecular flexibility index (Phi) is 3.56. The van der Waals surface area contributed by atoms with Crippen LogP contribution in [0.5, 0.6) is 0 Å². The molecule has 1 aliphatic rings. The van der Waals surface area contributed by atoms with Crippen molar-refractivity contribution in [2.75, 3.05) is 36.8 Å². The first-order chi connectivity index (χ1) is 10.1. The van der Waals surface area contributed by atoms with Gasteiger partial charge in [-0.1, -0.05) is 6.07 Å². The minimum atomic E-state index is -0.0321. The number of aryl methyl sites for hydroxylation is 1. The predicted molar refractivity (Wildman–Crippen MR) is 82.4 cm³/mol. The van der Waals surface area contributed by atoms with Crippen LogP contribution in [0.3, 0.4) is 0 Å². The molecule has 21 heavy (non-hydrogen) atoms. The highest BCUT2D eigenvalue weighted by Gasteiger charge is 2.24. The molecule has 1 saturated heterocycles. The molecule has 0 saturated carbocycles. The first-order valence-electron chi connectivity index (χ1n) is 7.10. The molecule has 5 nitrogen and oxygen atoms in total. The first-order valence-corrected chi connectivity index (χ1v) is 7.10. The van der Waals surface area contributed by atoms with Crippen LogP contribution >= 0.6 is 0 Å². The number of amides is 1. The zero-order valence-electron chi connectivity index (χ0n) is 12.1. The number of rotatable bonds is 2. The van der Waals surface area contributed by atoms with Crippen LogP contribution in [0.4, 0.5) is 11.4 Å². The van der Waals surface area contributed by atoms with Crippen molar-refractivity contribution in [3.05, 3.63) is 47.9 Å². The van der Waals surface area contributed by atoms with Crippen molar-refractivity contribution in [2.24, 2.45) is 0 Å². The van der Waals surface area contributed by atoms with Gasteiger partial charge in [-0.15, -0.1) is 0 Å². The summed E-state index contributed by atoms with van der Waals surface area (Å²) < 4.78 is 5.40. The Morgan fingerprint density at radius 3 is 2.52 bits per heavy atom. The fraction of sp³-hybridized carbons (Fsp3) is 0.312. The summed E-state index contributed by atoms with van der Waals surface area (Å²) in [7, 11) is 0. The molecule has 110 valence electrons. The van der Waals surface area contributed by atoms with Crippen molar-refractivity contribution >= 4 is 17.3 Å². The third-order valence-electron chi connectivity index (χ3n) is 3.75. The van der Waals surface area contributed by atoms with E-state index >= 15 is 0 Å². The largest absolute Gasteiger partial charge is 0.456 e. The smallest absolute Gasteiger partial charge is 0.289 e. The molecule has 1 aromatic carbocycles. The fourth-order valence-electron chi connectivity index (χ4n) is 2.59. The van der Waals surface area contributed by atoms with Gasteiger partial charge in [-0.3, -0.25) is 4.79 Å². The summed E-state index contributed by atoms with van der Waals surface area (Å²) in [5.41, 5.74) is 7.68. The third-order valence-corrected chi connectivity index (χ3v) is 3.75. The Labute approximate surface area is 123 Å². The number of nitrogens with two attached hydrogens (primary N) is 1. The second-order valence-electron chi connectivity index (χ2n) is 5.28. The number of carbonyl (C=O) groups is 1. The van der Waals surface area contributed by atoms with Crippen LogP contribution in [0.2, 0.25) is 0 Å². The van der Waals surface area contributed by atoms with Crippen molar-refractivity contribution in [1.29, 1.82) is 0 Å². The number of piperazine rings is 1. The molecule has 1 amide bonds. The normalized spacial score (nSPS) is 15.3. The van der Waals surface area contributed by atoms with Gasteiger partial charge < -0.3 is 20.0 Å². The maximum atomic E-state index is 12.3. The highest BCUT2D eigenvalue weighted by molar-refractivity contribution is 5.91. The molecule has 5 heteroatoms. The summed E-state index contributed by atoms with van der Waals surface area (Å²) in [5.74, 6) is 1.15. The summed E-state index contributed by atoms with van der Waals surface area (Å²) in [6.45, 7) is 4.82. The Morgan fingerprint density at radius 2 is 1.90 bits per heavy atom. The minimum absolute atomic E-state index is 0.0321. The molecule has 0 unspecified atom stereocenters. The molecule has 1 aromatic heterocycles. The number of nitrogens with zero attached hydrogens (tertiary/aromatic N) is 2. The molecule has 2 N–H and O–H groups in total. The summed E-state index contributed by atoms with van der Waals surface area (Å²) in [4.78, 5) is 16.4. The zero-order valence-corrected chi connectivity index (χ0v) is 12.1. The van der Waals surface area contributed by atoms with Crippen LogP contribution in [-0.2, 0) is 0 Å². The van der Waals surface area contributed by atoms with Crippen LogP contribution < -0.4 is 10.6 Å². The second-order valence-corrected chi connectivity index (χ2v) is 5.28. The summed E-state index contributed by atoms with van der Waals surface area (Å²) in [6, 6.07) is 11.4. The topological polar surface area (TPSA) is 62.7 Å². The van der Waals surface area contributed by atoms with Gasteiger partial charge in [-0.25, -0.2) is 0 Å². The maximum Gasteiger partial charge on any atom is 0.289 e. The van der Waals surface area contributed by atoms with E-state index in [1.54, 1.807) is 6.07 Å². The molecule has 2 heterocycles. The molecule has 0 aliphatic carbocycles. The van der Waals surface area contributed by atoms with Crippen molar-refractivity contribution < 1.29 is 9.21 Å². The number of benzene rings is 1. The van der Waals surface area contributed by atoms with Crippen molar-refractivity contribution in [1.82, 2.24) is 4.90 Å². The number of carbonyl (C=O) groups excluding carboxylic acids is 1. The van der Waals surface area contributed by atoms with Crippen LogP contribution in [0.15, 0.2) is 40.8 Å². The van der Waals surface area contributed by atoms with Crippen LogP contribution in [0.25, 0.3) is 0 Å². The van der Waals surface area contributed by atoms with Gasteiger partial charge in [-0.05, 0) is 37.3 Å². The van der Waals surface area contributed by atoms with E-state index in [9.17, 15) is 4.79 Å². The first kappa shape index (κ1) is 13.5. The highest BCUT2D eigenvalue weighted by Crippen LogP contribution is 2.20. The van der Waals surface area contributed by atoms with Gasteiger partial charge in [-0.2, -0.15) is 0 Å². The predicted octanol–water partition coefficient (Wildman–Crippen LogP) is 2.13. The van der Waals surface area contributed by atoms with Gasteiger partial charge in [0.05, 0.1) is 0 Å². The van der Waals surface area contributed by atoms with E-state index in [4.69, 9.17) is 10.2 Å². The molecular weight excluding hydrogens is 266 g/mol. The van der Waals surface area contributed by atoms with Gasteiger partial charge in [0, 0.05) is 37.6 Å². The zero-order chi connectivity index (χ0) is 14.8. The van der Waals surface area contributed by atoms with Crippen LogP contribution in [-0.4, -0.2) is 37.0 Å². The van der Waals surface area contributed by atoms with Gasteiger partial charge in [0.25, 0.3) is 5.91 Å². The molecule has 0 bridgehead atoms. The lowest BCUT2D eigenvalue weighted by Gasteiger charge is -2.35. The Bertz CT molecular complexity index is 642. The summed E-state index contributed by atoms with van der Waals surface area (Å²) >= 11 is 0. The summed E-state index contributed by atoms with van der Waals surface area (Å²) in [5, 5.41) is 0. The second kappa shape index (κ2) is 5.52. The number of hydrogen-bond donors (Lipinski definition) is 1. The van der Waals surface area contributed by atoms with Crippen molar-refractivity contribution in [2.45, 2.75) is 6.92 Å². The lowest BCUT2D eigenvalue weighted by atomic mass is 10.2. The Balaban J connectivity index is 1.64. The minimum Gasteiger partial charge on any atom is -0.456 e. The maximum absolute atomic E-state index is 12.3. The SMILES string of the molecule is Cc1ccc(C(=O)N2CCN(c3cccc(N)c3)CC2)o1. The van der Waals surface area contributed by atoms with E-state index in [0.717, 1.165) is 30.2 Å². The number of anilines is 2. The Morgan fingerprint density at radius 1 is 1.14 bits per heavy atom. The van der Waals surface area contributed by atoms with Crippen LogP contribution in [0, 0.1) is 6.92 Å². The lowest BCUT2D eigenvalue weighted by molar-refractivity contribution is 0.0713. The summed E-state index contributed by atoms with van der Waals surface area (Å²) in [6.07, 6.45) is 0. The molecule has 0 radical (unpaired) electrons. The van der Waals surface area contributed by atoms with Gasteiger partial charge >= 0.3 is 0 Å². The average molecular weight is 285 g/mol. The van der Waals surface area contributed by atoms with Gasteiger partial charge in [0.1, 0.15) is 5.76 Å². The molecule has 2 aromatic rings. The van der Waals surface area contributed by atoms with E-state index in [1.165, 1.54) is 0 Å². The highest BCUT2D eigenvalue weighted by atomic mass is 16.3. The Hall–Kier alpha value is -2.43. The van der Waals surface area contributed by atoms with E-state index in [2.05, 4.69) is 4.90 Å². The van der Waals surface area contributed by atoms with Gasteiger partial charge in [0.2, 0.25) is 0 Å². The van der Waals surface area contributed by atoms with E-state index < -0.39 is 0 Å². The molecular formula is C16H19N3O2. The molecule has 1 aliphatic heterocycles. The average Bonchev–Trinajstić information content (AvgIpc) is 2.93. The quantitative estimate of drug-likeness (QED) is 0.859. The van der Waals surface area contributed by atoms with Crippen molar-refractivity contribution in [3.8, 4) is 0 Å². The van der Waals surface area contributed by atoms with Crippen molar-refractivity contribution in [3.63, 3.8) is 0 Å². The van der Waals surface area contributed by atoms with Gasteiger partial charge in [0.15, 0.2) is 5.76 Å². The number of nitrogen functional groups attached to an aromatic ring is 1. The molecule has 0 spiro atoms. The van der Waals surface area contributed by atoms with E-state index in [1.807, 2.05) is 42.2 Å². The van der Waals surface area contributed by atoms with E-state index in [-0.39, 0.29) is 5.91 Å². The van der Waals surface area contributed by atoms with Crippen LogP contribution in [0.1, 0.15) is 16.3 Å². The van der Waals surface area contributed by atoms with E-state index in [0.29, 0.717) is 18.8 Å². The number of furan rings is 1. The molecule has 3 rings (SSSR count). The lowest BCUT2D eigenvalue weighted by Crippen LogP contribution is -2.48. The molecule has 1 fully saturated rings. The molecule has 0 atom stereocenters. The third kappa shape index (κ3) is 2.86. The number of hydrogen-bond acceptors (Lipinski definition) is 4. The fourth-order valence-corrected chi connectivity index (χ4v) is 2.59. The standard InChI is InChI=1S/C16H19N3O2/c1-12-5-6-15(21-12)16(20)19-9-7-18(8-10-19)14-4-2-3-13(17)11-14/h2-6,11H,7-10,17H2,1H3. The monoisotopic (exact) mass is 285 g/mol.